The van der Waals surface area contributed by atoms with Gasteiger partial charge >= 0.3 is 0 Å². The predicted octanol–water partition coefficient (Wildman–Crippen LogP) is 1.86. The number of rotatable bonds is 5. The zero-order valence-corrected chi connectivity index (χ0v) is 12.8. The van der Waals surface area contributed by atoms with E-state index in [0.29, 0.717) is 23.5 Å². The van der Waals surface area contributed by atoms with E-state index >= 15 is 0 Å². The lowest BCUT2D eigenvalue weighted by molar-refractivity contribution is -0.117. The number of aliphatic hydroxyl groups is 1. The molecule has 0 radical (unpaired) electrons. The fourth-order valence-corrected chi connectivity index (χ4v) is 2.60. The minimum absolute atomic E-state index is 0.0152. The summed E-state index contributed by atoms with van der Waals surface area (Å²) in [6, 6.07) is 5.28. The third-order valence-electron chi connectivity index (χ3n) is 3.98. The van der Waals surface area contributed by atoms with Crippen molar-refractivity contribution in [1.82, 2.24) is 4.90 Å². The van der Waals surface area contributed by atoms with E-state index in [9.17, 15) is 9.90 Å². The quantitative estimate of drug-likeness (QED) is 0.869. The van der Waals surface area contributed by atoms with Gasteiger partial charge in [0.1, 0.15) is 5.75 Å². The molecule has 0 aliphatic carbocycles. The molecule has 1 aliphatic heterocycles. The topological polar surface area (TPSA) is 61.8 Å². The van der Waals surface area contributed by atoms with Crippen molar-refractivity contribution in [3.8, 4) is 5.75 Å². The molecule has 1 aromatic rings. The SMILES string of the molecule is COc1ccc(NC(=O)CN2CCC(C)CC2)cc1CO. The van der Waals surface area contributed by atoms with Gasteiger partial charge in [-0.05, 0) is 50.0 Å². The Morgan fingerprint density at radius 2 is 2.14 bits per heavy atom. The highest BCUT2D eigenvalue weighted by Gasteiger charge is 2.18. The monoisotopic (exact) mass is 292 g/mol. The van der Waals surface area contributed by atoms with Gasteiger partial charge in [-0.15, -0.1) is 0 Å². The predicted molar refractivity (Wildman–Crippen MR) is 82.4 cm³/mol. The number of carbonyl (C=O) groups is 1. The van der Waals surface area contributed by atoms with E-state index in [1.54, 1.807) is 25.3 Å². The number of carbonyl (C=O) groups excluding carboxylic acids is 1. The summed E-state index contributed by atoms with van der Waals surface area (Å²) >= 11 is 0. The number of hydrogen-bond acceptors (Lipinski definition) is 4. The summed E-state index contributed by atoms with van der Waals surface area (Å²) in [4.78, 5) is 14.3. The number of piperidine rings is 1. The van der Waals surface area contributed by atoms with Gasteiger partial charge < -0.3 is 15.2 Å². The molecule has 1 aliphatic rings. The molecule has 5 nitrogen and oxygen atoms in total. The number of methoxy groups -OCH3 is 1. The lowest BCUT2D eigenvalue weighted by Crippen LogP contribution is -2.38. The first-order valence-electron chi connectivity index (χ1n) is 7.42. The minimum Gasteiger partial charge on any atom is -0.496 e. The number of nitrogens with one attached hydrogen (secondary N) is 1. The van der Waals surface area contributed by atoms with E-state index in [2.05, 4.69) is 17.1 Å². The summed E-state index contributed by atoms with van der Waals surface area (Å²) in [5.41, 5.74) is 1.36. The van der Waals surface area contributed by atoms with Crippen LogP contribution in [-0.2, 0) is 11.4 Å². The molecular weight excluding hydrogens is 268 g/mol. The molecule has 1 saturated heterocycles. The summed E-state index contributed by atoms with van der Waals surface area (Å²) in [7, 11) is 1.56. The van der Waals surface area contributed by atoms with Crippen molar-refractivity contribution in [3.05, 3.63) is 23.8 Å². The van der Waals surface area contributed by atoms with E-state index < -0.39 is 0 Å². The van der Waals surface area contributed by atoms with Crippen LogP contribution in [0.1, 0.15) is 25.3 Å². The fourth-order valence-electron chi connectivity index (χ4n) is 2.60. The standard InChI is InChI=1S/C16H24N2O3/c1-12-5-7-18(8-6-12)10-16(20)17-14-3-4-15(21-2)13(9-14)11-19/h3-4,9,12,19H,5-8,10-11H2,1-2H3,(H,17,20). The molecule has 0 bridgehead atoms. The molecule has 0 atom stereocenters. The largest absolute Gasteiger partial charge is 0.496 e. The van der Waals surface area contributed by atoms with Crippen molar-refractivity contribution in [2.45, 2.75) is 26.4 Å². The van der Waals surface area contributed by atoms with Gasteiger partial charge in [-0.25, -0.2) is 0 Å². The number of likely N-dealkylation sites (tertiary alicyclic amines) is 1. The number of aliphatic hydroxyl groups excluding tert-OH is 1. The third-order valence-corrected chi connectivity index (χ3v) is 3.98. The maximum Gasteiger partial charge on any atom is 0.238 e. The number of ether oxygens (including phenoxy) is 1. The van der Waals surface area contributed by atoms with Gasteiger partial charge in [-0.2, -0.15) is 0 Å². The van der Waals surface area contributed by atoms with Crippen LogP contribution in [0.5, 0.6) is 5.75 Å². The van der Waals surface area contributed by atoms with Gasteiger partial charge in [0.2, 0.25) is 5.91 Å². The molecule has 0 aromatic heterocycles. The molecule has 0 saturated carbocycles. The van der Waals surface area contributed by atoms with Gasteiger partial charge in [0.15, 0.2) is 0 Å². The summed E-state index contributed by atoms with van der Waals surface area (Å²) in [5, 5.41) is 12.2. The number of benzene rings is 1. The summed E-state index contributed by atoms with van der Waals surface area (Å²) in [6.07, 6.45) is 2.31. The van der Waals surface area contributed by atoms with Crippen LogP contribution < -0.4 is 10.1 Å². The van der Waals surface area contributed by atoms with Gasteiger partial charge in [-0.1, -0.05) is 6.92 Å². The van der Waals surface area contributed by atoms with E-state index in [1.807, 2.05) is 0 Å². The summed E-state index contributed by atoms with van der Waals surface area (Å²) < 4.78 is 5.15. The van der Waals surface area contributed by atoms with E-state index in [4.69, 9.17) is 4.74 Å². The molecule has 0 spiro atoms. The molecule has 116 valence electrons. The van der Waals surface area contributed by atoms with Crippen LogP contribution in [0.2, 0.25) is 0 Å². The fraction of sp³-hybridized carbons (Fsp3) is 0.562. The first-order chi connectivity index (χ1) is 10.1. The Kier molecular flexibility index (Phi) is 5.59. The van der Waals surface area contributed by atoms with E-state index in [0.717, 1.165) is 31.8 Å². The van der Waals surface area contributed by atoms with Crippen LogP contribution in [-0.4, -0.2) is 42.7 Å². The molecular formula is C16H24N2O3. The molecule has 0 unspecified atom stereocenters. The second-order valence-electron chi connectivity index (χ2n) is 5.69. The lowest BCUT2D eigenvalue weighted by Gasteiger charge is -2.29. The van der Waals surface area contributed by atoms with Crippen LogP contribution in [0.15, 0.2) is 18.2 Å². The second kappa shape index (κ2) is 7.43. The average Bonchev–Trinajstić information content (AvgIpc) is 2.49. The second-order valence-corrected chi connectivity index (χ2v) is 5.69. The third kappa shape index (κ3) is 4.44. The molecule has 5 heteroatoms. The summed E-state index contributed by atoms with van der Waals surface area (Å²) in [5.74, 6) is 1.37. The van der Waals surface area contributed by atoms with Crippen LogP contribution in [0, 0.1) is 5.92 Å². The zero-order valence-electron chi connectivity index (χ0n) is 12.8. The molecule has 2 rings (SSSR count). The van der Waals surface area contributed by atoms with Gasteiger partial charge in [0.25, 0.3) is 0 Å². The van der Waals surface area contributed by atoms with Crippen LogP contribution in [0.25, 0.3) is 0 Å². The Bertz CT molecular complexity index is 482. The Hall–Kier alpha value is -1.59. The van der Waals surface area contributed by atoms with Gasteiger partial charge in [-0.3, -0.25) is 9.69 Å². The average molecular weight is 292 g/mol. The highest BCUT2D eigenvalue weighted by molar-refractivity contribution is 5.92. The van der Waals surface area contributed by atoms with Crippen molar-refractivity contribution in [2.75, 3.05) is 32.1 Å². The molecule has 2 N–H and O–H groups in total. The highest BCUT2D eigenvalue weighted by Crippen LogP contribution is 2.22. The Balaban J connectivity index is 1.90. The number of amides is 1. The molecule has 1 amide bonds. The zero-order chi connectivity index (χ0) is 15.2. The summed E-state index contributed by atoms with van der Waals surface area (Å²) in [6.45, 7) is 4.54. The smallest absolute Gasteiger partial charge is 0.238 e. The number of anilines is 1. The molecule has 1 fully saturated rings. The van der Waals surface area contributed by atoms with Crippen LogP contribution in [0.4, 0.5) is 5.69 Å². The van der Waals surface area contributed by atoms with E-state index in [-0.39, 0.29) is 12.5 Å². The molecule has 21 heavy (non-hydrogen) atoms. The van der Waals surface area contributed by atoms with Crippen LogP contribution in [0.3, 0.4) is 0 Å². The van der Waals surface area contributed by atoms with Crippen molar-refractivity contribution in [2.24, 2.45) is 5.92 Å². The lowest BCUT2D eigenvalue weighted by atomic mass is 9.99. The van der Waals surface area contributed by atoms with Crippen molar-refractivity contribution < 1.29 is 14.6 Å². The first-order valence-corrected chi connectivity index (χ1v) is 7.42. The maximum atomic E-state index is 12.1. The number of hydrogen-bond donors (Lipinski definition) is 2. The highest BCUT2D eigenvalue weighted by atomic mass is 16.5. The first kappa shape index (κ1) is 15.8. The Labute approximate surface area is 125 Å². The van der Waals surface area contributed by atoms with Gasteiger partial charge in [0.05, 0.1) is 20.3 Å². The maximum absolute atomic E-state index is 12.1. The minimum atomic E-state index is -0.114. The Morgan fingerprint density at radius 3 is 2.76 bits per heavy atom. The van der Waals surface area contributed by atoms with E-state index in [1.165, 1.54) is 0 Å². The number of nitrogens with zero attached hydrogens (tertiary/aromatic N) is 1. The van der Waals surface area contributed by atoms with Crippen molar-refractivity contribution in [1.29, 1.82) is 0 Å². The van der Waals surface area contributed by atoms with Gasteiger partial charge in [0, 0.05) is 11.3 Å². The molecule has 1 aromatic carbocycles. The van der Waals surface area contributed by atoms with Crippen LogP contribution >= 0.6 is 0 Å². The van der Waals surface area contributed by atoms with Crippen molar-refractivity contribution >= 4 is 11.6 Å². The normalized spacial score (nSPS) is 16.7. The molecule has 1 heterocycles. The Morgan fingerprint density at radius 1 is 1.43 bits per heavy atom. The van der Waals surface area contributed by atoms with Crippen molar-refractivity contribution in [3.63, 3.8) is 0 Å².